The van der Waals surface area contributed by atoms with Crippen LogP contribution in [0.3, 0.4) is 0 Å². The number of imidazole rings is 1. The first kappa shape index (κ1) is 23.8. The average Bonchev–Trinajstić information content (AvgIpc) is 3.12. The van der Waals surface area contributed by atoms with Crippen LogP contribution in [0.1, 0.15) is 59.1 Å². The number of aromatic carboxylic acids is 1. The molecule has 2 amide bonds. The van der Waals surface area contributed by atoms with E-state index in [2.05, 4.69) is 22.5 Å². The van der Waals surface area contributed by atoms with Gasteiger partial charge in [-0.15, -0.1) is 0 Å². The second kappa shape index (κ2) is 11.1. The molecule has 3 N–H and O–H groups in total. The fourth-order valence-corrected chi connectivity index (χ4v) is 3.36. The first-order valence-electron chi connectivity index (χ1n) is 10.9. The third-order valence-electron chi connectivity index (χ3n) is 5.26. The van der Waals surface area contributed by atoms with E-state index < -0.39 is 18.0 Å². The Morgan fingerprint density at radius 2 is 1.76 bits per heavy atom. The number of ether oxygens (including phenoxy) is 1. The van der Waals surface area contributed by atoms with Crippen molar-refractivity contribution in [2.45, 2.75) is 39.2 Å². The van der Waals surface area contributed by atoms with Crippen molar-refractivity contribution in [3.8, 4) is 0 Å². The smallest absolute Gasteiger partial charge is 0.414 e. The van der Waals surface area contributed by atoms with Crippen LogP contribution in [-0.4, -0.2) is 39.2 Å². The van der Waals surface area contributed by atoms with Crippen LogP contribution in [0.15, 0.2) is 42.5 Å². The highest BCUT2D eigenvalue weighted by Crippen LogP contribution is 2.18. The van der Waals surface area contributed by atoms with Gasteiger partial charge in [-0.2, -0.15) is 0 Å². The number of imide groups is 1. The minimum Gasteiger partial charge on any atom is -0.478 e. The van der Waals surface area contributed by atoms with Crippen LogP contribution in [0.4, 0.5) is 10.5 Å². The van der Waals surface area contributed by atoms with Gasteiger partial charge in [0.2, 0.25) is 0 Å². The number of aromatic nitrogens is 2. The van der Waals surface area contributed by atoms with Crippen LogP contribution < -0.4 is 10.6 Å². The molecular weight excluding hydrogens is 424 g/mol. The Labute approximate surface area is 191 Å². The summed E-state index contributed by atoms with van der Waals surface area (Å²) in [6.45, 7) is 2.80. The fourth-order valence-electron chi connectivity index (χ4n) is 3.36. The maximum atomic E-state index is 12.2. The van der Waals surface area contributed by atoms with E-state index in [4.69, 9.17) is 9.84 Å². The number of hydrogen-bond donors (Lipinski definition) is 3. The topological polar surface area (TPSA) is 123 Å². The number of carboxylic acid groups (broad SMARTS) is 1. The Bertz CT molecular complexity index is 1140. The lowest BCUT2D eigenvalue weighted by Gasteiger charge is -2.09. The van der Waals surface area contributed by atoms with E-state index in [1.54, 1.807) is 42.5 Å². The number of nitrogens with zero attached hydrogens (tertiary/aromatic N) is 2. The summed E-state index contributed by atoms with van der Waals surface area (Å²) >= 11 is 0. The van der Waals surface area contributed by atoms with Crippen molar-refractivity contribution in [3.05, 3.63) is 59.4 Å². The van der Waals surface area contributed by atoms with E-state index in [0.29, 0.717) is 24.2 Å². The van der Waals surface area contributed by atoms with Crippen molar-refractivity contribution in [1.29, 1.82) is 0 Å². The van der Waals surface area contributed by atoms with Crippen LogP contribution in [0.2, 0.25) is 0 Å². The number of alkyl carbamates (subject to hydrolysis) is 1. The summed E-state index contributed by atoms with van der Waals surface area (Å²) in [6, 6.07) is 11.5. The Morgan fingerprint density at radius 1 is 1.03 bits per heavy atom. The molecule has 0 saturated heterocycles. The second-order valence-electron chi connectivity index (χ2n) is 7.68. The van der Waals surface area contributed by atoms with E-state index in [1.807, 2.05) is 11.6 Å². The molecule has 1 heterocycles. The molecule has 0 radical (unpaired) electrons. The maximum Gasteiger partial charge on any atom is 0.414 e. The normalized spacial score (nSPS) is 10.7. The molecule has 3 aromatic rings. The standard InChI is InChI=1S/C24H28N4O5/c1-3-4-5-6-13-33-24(32)27-22(29)16-7-10-18(11-8-16)25-15-21-26-19-14-17(23(30)31)9-12-20(19)28(21)2/h7-12,14,25H,3-6,13,15H2,1-2H3,(H,30,31)(H,27,29,32). The van der Waals surface area contributed by atoms with Gasteiger partial charge in [0.1, 0.15) is 5.82 Å². The van der Waals surface area contributed by atoms with Gasteiger partial charge in [0, 0.05) is 18.3 Å². The molecule has 0 spiro atoms. The van der Waals surface area contributed by atoms with E-state index in [1.165, 1.54) is 0 Å². The largest absolute Gasteiger partial charge is 0.478 e. The van der Waals surface area contributed by atoms with Gasteiger partial charge in [-0.25, -0.2) is 14.6 Å². The van der Waals surface area contributed by atoms with Crippen molar-refractivity contribution in [3.63, 3.8) is 0 Å². The van der Waals surface area contributed by atoms with Crippen molar-refractivity contribution in [2.24, 2.45) is 7.05 Å². The quantitative estimate of drug-likeness (QED) is 0.391. The Morgan fingerprint density at radius 3 is 2.45 bits per heavy atom. The van der Waals surface area contributed by atoms with Crippen molar-refractivity contribution in [2.75, 3.05) is 11.9 Å². The molecule has 174 valence electrons. The van der Waals surface area contributed by atoms with Gasteiger partial charge in [-0.05, 0) is 48.9 Å². The zero-order valence-corrected chi connectivity index (χ0v) is 18.8. The Hall–Kier alpha value is -3.88. The number of rotatable bonds is 10. The molecule has 1 aromatic heterocycles. The third kappa shape index (κ3) is 6.31. The monoisotopic (exact) mass is 452 g/mol. The lowest BCUT2D eigenvalue weighted by atomic mass is 10.2. The van der Waals surface area contributed by atoms with Crippen LogP contribution in [-0.2, 0) is 18.3 Å². The summed E-state index contributed by atoms with van der Waals surface area (Å²) < 4.78 is 6.92. The molecule has 0 unspecified atom stereocenters. The van der Waals surface area contributed by atoms with E-state index in [-0.39, 0.29) is 5.56 Å². The number of carbonyl (C=O) groups is 3. The van der Waals surface area contributed by atoms with Crippen molar-refractivity contribution < 1.29 is 24.2 Å². The van der Waals surface area contributed by atoms with E-state index in [9.17, 15) is 14.4 Å². The first-order valence-corrected chi connectivity index (χ1v) is 10.9. The van der Waals surface area contributed by atoms with Gasteiger partial charge in [0.05, 0.1) is 29.7 Å². The van der Waals surface area contributed by atoms with E-state index >= 15 is 0 Å². The van der Waals surface area contributed by atoms with Crippen molar-refractivity contribution >= 4 is 34.7 Å². The van der Waals surface area contributed by atoms with Gasteiger partial charge in [0.25, 0.3) is 5.91 Å². The van der Waals surface area contributed by atoms with Crippen LogP contribution in [0.25, 0.3) is 11.0 Å². The minimum atomic E-state index is -0.994. The molecule has 0 saturated carbocycles. The number of aryl methyl sites for hydroxylation is 1. The average molecular weight is 453 g/mol. The fraction of sp³-hybridized carbons (Fsp3) is 0.333. The van der Waals surface area contributed by atoms with Crippen LogP contribution in [0, 0.1) is 0 Å². The van der Waals surface area contributed by atoms with Crippen LogP contribution in [0.5, 0.6) is 0 Å². The maximum absolute atomic E-state index is 12.2. The van der Waals surface area contributed by atoms with Crippen LogP contribution >= 0.6 is 0 Å². The highest BCUT2D eigenvalue weighted by Gasteiger charge is 2.13. The van der Waals surface area contributed by atoms with Gasteiger partial charge in [-0.1, -0.05) is 26.2 Å². The molecule has 0 aliphatic heterocycles. The summed E-state index contributed by atoms with van der Waals surface area (Å²) in [5.41, 5.74) is 2.74. The predicted octanol–water partition coefficient (Wildman–Crippen LogP) is 4.33. The van der Waals surface area contributed by atoms with Gasteiger partial charge in [-0.3, -0.25) is 10.1 Å². The molecule has 0 atom stereocenters. The Kier molecular flexibility index (Phi) is 8.01. The third-order valence-corrected chi connectivity index (χ3v) is 5.26. The van der Waals surface area contributed by atoms with E-state index in [0.717, 1.165) is 42.7 Å². The summed E-state index contributed by atoms with van der Waals surface area (Å²) in [5, 5.41) is 14.6. The zero-order valence-electron chi connectivity index (χ0n) is 18.8. The molecule has 2 aromatic carbocycles. The summed E-state index contributed by atoms with van der Waals surface area (Å²) in [4.78, 5) is 39.6. The highest BCUT2D eigenvalue weighted by atomic mass is 16.5. The molecule has 33 heavy (non-hydrogen) atoms. The first-order chi connectivity index (χ1) is 15.9. The molecule has 9 heteroatoms. The lowest BCUT2D eigenvalue weighted by molar-refractivity contribution is 0.0696. The molecule has 0 aliphatic carbocycles. The number of anilines is 1. The number of unbranched alkanes of at least 4 members (excludes halogenated alkanes) is 3. The number of hydrogen-bond acceptors (Lipinski definition) is 6. The highest BCUT2D eigenvalue weighted by molar-refractivity contribution is 6.03. The summed E-state index contributed by atoms with van der Waals surface area (Å²) in [7, 11) is 1.86. The second-order valence-corrected chi connectivity index (χ2v) is 7.68. The number of nitrogens with one attached hydrogen (secondary N) is 2. The molecule has 0 aliphatic rings. The predicted molar refractivity (Wildman–Crippen MR) is 124 cm³/mol. The number of carboxylic acids is 1. The number of fused-ring (bicyclic) bond motifs is 1. The number of amides is 2. The molecule has 0 bridgehead atoms. The molecule has 9 nitrogen and oxygen atoms in total. The Balaban J connectivity index is 1.53. The number of benzene rings is 2. The molecule has 0 fully saturated rings. The zero-order chi connectivity index (χ0) is 23.8. The molecule has 3 rings (SSSR count). The number of carbonyl (C=O) groups excluding carboxylic acids is 2. The van der Waals surface area contributed by atoms with Crippen molar-refractivity contribution in [1.82, 2.24) is 14.9 Å². The molecular formula is C24H28N4O5. The summed E-state index contributed by atoms with van der Waals surface area (Å²) in [5.74, 6) is -0.785. The SMILES string of the molecule is CCCCCCOC(=O)NC(=O)c1ccc(NCc2nc3cc(C(=O)O)ccc3n2C)cc1. The minimum absolute atomic E-state index is 0.189. The van der Waals surface area contributed by atoms with Gasteiger partial charge >= 0.3 is 12.1 Å². The van der Waals surface area contributed by atoms with Gasteiger partial charge in [0.15, 0.2) is 0 Å². The van der Waals surface area contributed by atoms with Gasteiger partial charge < -0.3 is 19.7 Å². The summed E-state index contributed by atoms with van der Waals surface area (Å²) in [6.07, 6.45) is 3.21. The lowest BCUT2D eigenvalue weighted by Crippen LogP contribution is -2.31.